The summed E-state index contributed by atoms with van der Waals surface area (Å²) in [6.07, 6.45) is 3.57. The lowest BCUT2D eigenvalue weighted by Gasteiger charge is -2.08. The predicted molar refractivity (Wildman–Crippen MR) is 96.7 cm³/mol. The highest BCUT2D eigenvalue weighted by atomic mass is 32.1. The minimum atomic E-state index is 0.831. The smallest absolute Gasteiger partial charge is 0.165 e. The Bertz CT molecular complexity index is 972. The molecule has 5 heteroatoms. The monoisotopic (exact) mass is 333 g/mol. The van der Waals surface area contributed by atoms with Crippen LogP contribution >= 0.6 is 11.3 Å². The first-order valence-corrected chi connectivity index (χ1v) is 8.81. The van der Waals surface area contributed by atoms with E-state index in [4.69, 9.17) is 9.97 Å². The number of benzene rings is 1. The van der Waals surface area contributed by atoms with Crippen molar-refractivity contribution in [3.63, 3.8) is 0 Å². The standard InChI is InChI=1S/C19H17N4S/c1-13-12-14(2)21-19-18(13)22-16(8-9-17-20-10-11-24-17)23(19)15-6-4-3-5-7-15/h3-4,6-7,10-12H,8-9H2,1-2H3. The summed E-state index contributed by atoms with van der Waals surface area (Å²) in [4.78, 5) is 14.0. The van der Waals surface area contributed by atoms with Gasteiger partial charge in [0.1, 0.15) is 11.3 Å². The Morgan fingerprint density at radius 1 is 1.21 bits per heavy atom. The molecule has 1 aromatic carbocycles. The van der Waals surface area contributed by atoms with Crippen LogP contribution in [-0.4, -0.2) is 19.5 Å². The summed E-state index contributed by atoms with van der Waals surface area (Å²) < 4.78 is 2.15. The van der Waals surface area contributed by atoms with E-state index in [9.17, 15) is 0 Å². The fourth-order valence-corrected chi connectivity index (χ4v) is 3.58. The molecule has 24 heavy (non-hydrogen) atoms. The van der Waals surface area contributed by atoms with E-state index in [-0.39, 0.29) is 0 Å². The molecule has 0 amide bonds. The number of thiazole rings is 1. The van der Waals surface area contributed by atoms with Gasteiger partial charge in [-0.3, -0.25) is 4.57 Å². The summed E-state index contributed by atoms with van der Waals surface area (Å²) in [6, 6.07) is 13.2. The van der Waals surface area contributed by atoms with Crippen molar-refractivity contribution in [2.24, 2.45) is 0 Å². The molecule has 0 aliphatic carbocycles. The first-order chi connectivity index (χ1) is 11.7. The highest BCUT2D eigenvalue weighted by Crippen LogP contribution is 2.24. The first kappa shape index (κ1) is 15.0. The summed E-state index contributed by atoms with van der Waals surface area (Å²) in [5.41, 5.74) is 5.10. The maximum absolute atomic E-state index is 4.89. The van der Waals surface area contributed by atoms with Gasteiger partial charge in [0.25, 0.3) is 0 Å². The van der Waals surface area contributed by atoms with Crippen molar-refractivity contribution in [3.05, 3.63) is 70.1 Å². The molecule has 0 aliphatic rings. The van der Waals surface area contributed by atoms with Crippen LogP contribution in [0.4, 0.5) is 0 Å². The van der Waals surface area contributed by atoms with E-state index in [1.54, 1.807) is 11.3 Å². The minimum absolute atomic E-state index is 0.831. The Balaban J connectivity index is 1.86. The van der Waals surface area contributed by atoms with Crippen LogP contribution in [0, 0.1) is 19.9 Å². The fraction of sp³-hybridized carbons (Fsp3) is 0.211. The molecule has 3 aromatic heterocycles. The number of aromatic nitrogens is 4. The van der Waals surface area contributed by atoms with Crippen LogP contribution in [0.25, 0.3) is 16.9 Å². The third kappa shape index (κ3) is 2.71. The molecule has 4 aromatic rings. The molecule has 119 valence electrons. The van der Waals surface area contributed by atoms with E-state index in [1.807, 2.05) is 36.7 Å². The Morgan fingerprint density at radius 2 is 2.12 bits per heavy atom. The van der Waals surface area contributed by atoms with E-state index in [0.717, 1.165) is 51.8 Å². The number of rotatable bonds is 4. The van der Waals surface area contributed by atoms with E-state index < -0.39 is 0 Å². The zero-order chi connectivity index (χ0) is 16.5. The zero-order valence-corrected chi connectivity index (χ0v) is 14.5. The van der Waals surface area contributed by atoms with Crippen LogP contribution in [0.3, 0.4) is 0 Å². The number of aryl methyl sites for hydroxylation is 4. The lowest BCUT2D eigenvalue weighted by atomic mass is 10.2. The highest BCUT2D eigenvalue weighted by Gasteiger charge is 2.16. The van der Waals surface area contributed by atoms with Crippen LogP contribution in [0.15, 0.2) is 41.9 Å². The van der Waals surface area contributed by atoms with E-state index >= 15 is 0 Å². The number of nitrogens with zero attached hydrogens (tertiary/aromatic N) is 4. The van der Waals surface area contributed by atoms with Crippen molar-refractivity contribution in [1.82, 2.24) is 19.5 Å². The second-order valence-electron chi connectivity index (χ2n) is 5.80. The van der Waals surface area contributed by atoms with Crippen molar-refractivity contribution in [2.45, 2.75) is 26.7 Å². The van der Waals surface area contributed by atoms with Crippen LogP contribution in [-0.2, 0) is 12.8 Å². The largest absolute Gasteiger partial charge is 0.281 e. The molecule has 3 heterocycles. The molecule has 0 saturated carbocycles. The average molecular weight is 333 g/mol. The highest BCUT2D eigenvalue weighted by molar-refractivity contribution is 7.09. The third-order valence-electron chi connectivity index (χ3n) is 4.00. The second-order valence-corrected chi connectivity index (χ2v) is 6.78. The molecule has 0 fully saturated rings. The van der Waals surface area contributed by atoms with Gasteiger partial charge < -0.3 is 0 Å². The van der Waals surface area contributed by atoms with Crippen LogP contribution in [0.1, 0.15) is 22.1 Å². The number of hydrogen-bond donors (Lipinski definition) is 0. The molecule has 0 spiro atoms. The Hall–Kier alpha value is -2.53. The molecular formula is C19H17N4S. The topological polar surface area (TPSA) is 43.6 Å². The van der Waals surface area contributed by atoms with Crippen LogP contribution < -0.4 is 0 Å². The van der Waals surface area contributed by atoms with Gasteiger partial charge in [-0.05, 0) is 43.7 Å². The normalized spacial score (nSPS) is 11.2. The maximum atomic E-state index is 4.89. The zero-order valence-electron chi connectivity index (χ0n) is 13.7. The summed E-state index contributed by atoms with van der Waals surface area (Å²) in [7, 11) is 0. The second kappa shape index (κ2) is 6.17. The van der Waals surface area contributed by atoms with E-state index in [0.29, 0.717) is 0 Å². The van der Waals surface area contributed by atoms with Gasteiger partial charge in [0.2, 0.25) is 0 Å². The molecule has 0 bridgehead atoms. The minimum Gasteiger partial charge on any atom is -0.281 e. The SMILES string of the molecule is Cc1cc(C)c2nc(CCc3nccs3)n(-c3c[c]ccc3)c2n1. The Morgan fingerprint density at radius 3 is 2.88 bits per heavy atom. The van der Waals surface area contributed by atoms with Gasteiger partial charge in [0.05, 0.1) is 5.01 Å². The third-order valence-corrected chi connectivity index (χ3v) is 4.84. The number of hydrogen-bond acceptors (Lipinski definition) is 4. The van der Waals surface area contributed by atoms with E-state index in [1.165, 1.54) is 0 Å². The van der Waals surface area contributed by atoms with Crippen molar-refractivity contribution in [1.29, 1.82) is 0 Å². The van der Waals surface area contributed by atoms with Crippen molar-refractivity contribution in [2.75, 3.05) is 0 Å². The van der Waals surface area contributed by atoms with Gasteiger partial charge in [-0.1, -0.05) is 12.1 Å². The number of fused-ring (bicyclic) bond motifs is 1. The maximum Gasteiger partial charge on any atom is 0.165 e. The molecule has 0 N–H and O–H groups in total. The molecule has 0 aliphatic heterocycles. The number of imidazole rings is 1. The molecular weight excluding hydrogens is 316 g/mol. The summed E-state index contributed by atoms with van der Waals surface area (Å²) in [6.45, 7) is 4.12. The van der Waals surface area contributed by atoms with Gasteiger partial charge in [-0.2, -0.15) is 0 Å². The van der Waals surface area contributed by atoms with Crippen molar-refractivity contribution < 1.29 is 0 Å². The molecule has 0 unspecified atom stereocenters. The number of pyridine rings is 1. The molecule has 0 atom stereocenters. The first-order valence-electron chi connectivity index (χ1n) is 7.93. The lowest BCUT2D eigenvalue weighted by molar-refractivity contribution is 0.830. The van der Waals surface area contributed by atoms with Crippen LogP contribution in [0.5, 0.6) is 0 Å². The summed E-state index contributed by atoms with van der Waals surface area (Å²) in [5.74, 6) is 1.01. The van der Waals surface area contributed by atoms with Gasteiger partial charge in [0, 0.05) is 35.8 Å². The molecule has 0 saturated heterocycles. The molecule has 4 rings (SSSR count). The Kier molecular flexibility index (Phi) is 3.86. The summed E-state index contributed by atoms with van der Waals surface area (Å²) in [5, 5.41) is 3.15. The van der Waals surface area contributed by atoms with Crippen molar-refractivity contribution in [3.8, 4) is 5.69 Å². The van der Waals surface area contributed by atoms with Gasteiger partial charge in [0.15, 0.2) is 5.65 Å². The van der Waals surface area contributed by atoms with Gasteiger partial charge >= 0.3 is 0 Å². The van der Waals surface area contributed by atoms with E-state index in [2.05, 4.69) is 34.7 Å². The van der Waals surface area contributed by atoms with Crippen molar-refractivity contribution >= 4 is 22.5 Å². The molecule has 4 nitrogen and oxygen atoms in total. The quantitative estimate of drug-likeness (QED) is 0.565. The van der Waals surface area contributed by atoms with Gasteiger partial charge in [-0.25, -0.2) is 15.0 Å². The Labute approximate surface area is 144 Å². The van der Waals surface area contributed by atoms with Crippen LogP contribution in [0.2, 0.25) is 0 Å². The van der Waals surface area contributed by atoms with Gasteiger partial charge in [-0.15, -0.1) is 11.3 Å². The average Bonchev–Trinajstić information content (AvgIpc) is 3.21. The predicted octanol–water partition coefficient (Wildman–Crippen LogP) is 4.08. The fourth-order valence-electron chi connectivity index (χ4n) is 2.96. The molecule has 1 radical (unpaired) electrons. The summed E-state index contributed by atoms with van der Waals surface area (Å²) >= 11 is 1.69. The lowest BCUT2D eigenvalue weighted by Crippen LogP contribution is -2.04.